The number of nitro benzene ring substituents is 1. The summed E-state index contributed by atoms with van der Waals surface area (Å²) in [4.78, 5) is 12.8. The summed E-state index contributed by atoms with van der Waals surface area (Å²) >= 11 is 3.43. The molecule has 1 aliphatic heterocycles. The van der Waals surface area contributed by atoms with Crippen LogP contribution in [-0.4, -0.2) is 11.5 Å². The van der Waals surface area contributed by atoms with Crippen LogP contribution in [0.4, 0.5) is 17.1 Å². The Bertz CT molecular complexity index is 673. The molecule has 4 nitrogen and oxygen atoms in total. The van der Waals surface area contributed by atoms with Crippen LogP contribution in [0.3, 0.4) is 0 Å². The zero-order valence-corrected chi connectivity index (χ0v) is 12.3. The highest BCUT2D eigenvalue weighted by atomic mass is 79.9. The maximum atomic E-state index is 10.9. The predicted octanol–water partition coefficient (Wildman–Crippen LogP) is 4.18. The molecule has 0 bridgehead atoms. The van der Waals surface area contributed by atoms with Gasteiger partial charge in [-0.1, -0.05) is 34.1 Å². The molecular weight excluding hydrogens is 320 g/mol. The van der Waals surface area contributed by atoms with Gasteiger partial charge in [-0.15, -0.1) is 0 Å². The van der Waals surface area contributed by atoms with E-state index in [4.69, 9.17) is 0 Å². The summed E-state index contributed by atoms with van der Waals surface area (Å²) in [6.45, 7) is 0.914. The van der Waals surface area contributed by atoms with E-state index in [-0.39, 0.29) is 10.6 Å². The number of halogens is 1. The molecule has 20 heavy (non-hydrogen) atoms. The van der Waals surface area contributed by atoms with Crippen LogP contribution in [0.2, 0.25) is 0 Å². The van der Waals surface area contributed by atoms with Gasteiger partial charge in [-0.3, -0.25) is 10.1 Å². The van der Waals surface area contributed by atoms with Gasteiger partial charge < -0.3 is 4.90 Å². The molecule has 3 rings (SSSR count). The van der Waals surface area contributed by atoms with E-state index in [0.29, 0.717) is 5.33 Å². The molecule has 1 aliphatic rings. The van der Waals surface area contributed by atoms with Crippen LogP contribution in [0.15, 0.2) is 42.5 Å². The zero-order valence-electron chi connectivity index (χ0n) is 10.8. The molecule has 1 heterocycles. The van der Waals surface area contributed by atoms with Crippen molar-refractivity contribution in [1.29, 1.82) is 0 Å². The number of nitro groups is 1. The lowest BCUT2D eigenvalue weighted by atomic mass is 10.1. The van der Waals surface area contributed by atoms with Crippen molar-refractivity contribution in [3.63, 3.8) is 0 Å². The first-order valence-electron chi connectivity index (χ1n) is 6.39. The van der Waals surface area contributed by atoms with Crippen molar-refractivity contribution >= 4 is 33.0 Å². The second-order valence-corrected chi connectivity index (χ2v) is 5.29. The van der Waals surface area contributed by atoms with Gasteiger partial charge in [0.15, 0.2) is 0 Å². The maximum Gasteiger partial charge on any atom is 0.269 e. The molecule has 0 aliphatic carbocycles. The highest BCUT2D eigenvalue weighted by molar-refractivity contribution is 9.08. The third-order valence-corrected chi connectivity index (χ3v) is 4.20. The lowest BCUT2D eigenvalue weighted by Gasteiger charge is -2.22. The standard InChI is InChI=1S/C15H13BrN2O2/c16-10-12-9-13(18(19)20)5-6-15(12)17-8-7-11-3-1-2-4-14(11)17/h1-6,9H,7-8,10H2. The summed E-state index contributed by atoms with van der Waals surface area (Å²) in [6, 6.07) is 13.4. The molecule has 0 atom stereocenters. The van der Waals surface area contributed by atoms with Gasteiger partial charge >= 0.3 is 0 Å². The summed E-state index contributed by atoms with van der Waals surface area (Å²) in [5.41, 5.74) is 4.64. The van der Waals surface area contributed by atoms with E-state index < -0.39 is 0 Å². The molecule has 2 aromatic rings. The lowest BCUT2D eigenvalue weighted by molar-refractivity contribution is -0.384. The summed E-state index contributed by atoms with van der Waals surface area (Å²) in [5.74, 6) is 0. The van der Waals surface area contributed by atoms with E-state index in [1.54, 1.807) is 12.1 Å². The first-order chi connectivity index (χ1) is 9.70. The van der Waals surface area contributed by atoms with E-state index in [1.165, 1.54) is 11.3 Å². The van der Waals surface area contributed by atoms with E-state index >= 15 is 0 Å². The smallest absolute Gasteiger partial charge is 0.269 e. The van der Waals surface area contributed by atoms with Gasteiger partial charge in [0.25, 0.3) is 5.69 Å². The number of para-hydroxylation sites is 1. The second-order valence-electron chi connectivity index (χ2n) is 4.73. The van der Waals surface area contributed by atoms with Crippen molar-refractivity contribution in [3.05, 3.63) is 63.7 Å². The van der Waals surface area contributed by atoms with Crippen LogP contribution in [0.5, 0.6) is 0 Å². The number of fused-ring (bicyclic) bond motifs is 1. The normalized spacial score (nSPS) is 13.3. The molecule has 0 N–H and O–H groups in total. The molecule has 0 saturated heterocycles. The molecule has 102 valence electrons. The quantitative estimate of drug-likeness (QED) is 0.481. The second kappa shape index (κ2) is 5.25. The summed E-state index contributed by atoms with van der Waals surface area (Å²) in [5, 5.41) is 11.5. The molecule has 0 aromatic heterocycles. The van der Waals surface area contributed by atoms with Gasteiger partial charge in [0.2, 0.25) is 0 Å². The van der Waals surface area contributed by atoms with Crippen LogP contribution in [-0.2, 0) is 11.8 Å². The highest BCUT2D eigenvalue weighted by Gasteiger charge is 2.22. The first-order valence-corrected chi connectivity index (χ1v) is 7.51. The zero-order chi connectivity index (χ0) is 14.1. The topological polar surface area (TPSA) is 46.4 Å². The van der Waals surface area contributed by atoms with Crippen LogP contribution in [0.1, 0.15) is 11.1 Å². The van der Waals surface area contributed by atoms with E-state index in [1.807, 2.05) is 18.2 Å². The van der Waals surface area contributed by atoms with Gasteiger partial charge in [-0.05, 0) is 29.7 Å². The first kappa shape index (κ1) is 13.1. The molecular formula is C15H13BrN2O2. The molecule has 2 aromatic carbocycles. The minimum absolute atomic E-state index is 0.135. The molecule has 0 fully saturated rings. The highest BCUT2D eigenvalue weighted by Crippen LogP contribution is 2.37. The Morgan fingerprint density at radius 2 is 2.00 bits per heavy atom. The van der Waals surface area contributed by atoms with Gasteiger partial charge in [0.1, 0.15) is 0 Å². The fourth-order valence-electron chi connectivity index (χ4n) is 2.64. The Morgan fingerprint density at radius 3 is 2.75 bits per heavy atom. The summed E-state index contributed by atoms with van der Waals surface area (Å²) < 4.78 is 0. The third kappa shape index (κ3) is 2.18. The van der Waals surface area contributed by atoms with E-state index in [9.17, 15) is 10.1 Å². The fourth-order valence-corrected chi connectivity index (χ4v) is 3.09. The molecule has 0 saturated carbocycles. The van der Waals surface area contributed by atoms with Crippen LogP contribution >= 0.6 is 15.9 Å². The fraction of sp³-hybridized carbons (Fsp3) is 0.200. The average Bonchev–Trinajstić information content (AvgIpc) is 2.90. The van der Waals surface area contributed by atoms with Gasteiger partial charge in [-0.2, -0.15) is 0 Å². The monoisotopic (exact) mass is 332 g/mol. The Hall–Kier alpha value is -1.88. The molecule has 0 amide bonds. The van der Waals surface area contributed by atoms with Crippen LogP contribution in [0.25, 0.3) is 0 Å². The lowest BCUT2D eigenvalue weighted by Crippen LogP contribution is -2.15. The SMILES string of the molecule is O=[N+]([O-])c1ccc(N2CCc3ccccc32)c(CBr)c1. The number of alkyl halides is 1. The number of non-ortho nitro benzene ring substituents is 1. The van der Waals surface area contributed by atoms with Crippen molar-refractivity contribution in [2.24, 2.45) is 0 Å². The minimum atomic E-state index is -0.353. The van der Waals surface area contributed by atoms with E-state index in [0.717, 1.165) is 24.2 Å². The summed E-state index contributed by atoms with van der Waals surface area (Å²) in [6.07, 6.45) is 1.01. The number of benzene rings is 2. The van der Waals surface area contributed by atoms with Crippen molar-refractivity contribution in [2.45, 2.75) is 11.8 Å². The largest absolute Gasteiger partial charge is 0.341 e. The Morgan fingerprint density at radius 1 is 1.20 bits per heavy atom. The van der Waals surface area contributed by atoms with Crippen molar-refractivity contribution in [2.75, 3.05) is 11.4 Å². The van der Waals surface area contributed by atoms with Gasteiger partial charge in [0.05, 0.1) is 4.92 Å². The van der Waals surface area contributed by atoms with Gasteiger partial charge in [-0.25, -0.2) is 0 Å². The van der Waals surface area contributed by atoms with E-state index in [2.05, 4.69) is 33.0 Å². The number of hydrogen-bond donors (Lipinski definition) is 0. The Balaban J connectivity index is 2.05. The van der Waals surface area contributed by atoms with Crippen molar-refractivity contribution in [1.82, 2.24) is 0 Å². The van der Waals surface area contributed by atoms with Crippen molar-refractivity contribution < 1.29 is 4.92 Å². The molecule has 0 unspecified atom stereocenters. The van der Waals surface area contributed by atoms with Crippen molar-refractivity contribution in [3.8, 4) is 0 Å². The van der Waals surface area contributed by atoms with Crippen LogP contribution in [0, 0.1) is 10.1 Å². The third-order valence-electron chi connectivity index (χ3n) is 3.60. The number of hydrogen-bond acceptors (Lipinski definition) is 3. The Labute approximate surface area is 125 Å². The predicted molar refractivity (Wildman–Crippen MR) is 82.9 cm³/mol. The Kier molecular flexibility index (Phi) is 3.44. The molecule has 0 radical (unpaired) electrons. The number of anilines is 2. The maximum absolute atomic E-state index is 10.9. The van der Waals surface area contributed by atoms with Crippen LogP contribution < -0.4 is 4.90 Å². The number of rotatable bonds is 3. The summed E-state index contributed by atoms with van der Waals surface area (Å²) in [7, 11) is 0. The molecule has 0 spiro atoms. The van der Waals surface area contributed by atoms with Gasteiger partial charge in [0, 0.05) is 35.4 Å². The minimum Gasteiger partial charge on any atom is -0.341 e. The average molecular weight is 333 g/mol. The number of nitrogens with zero attached hydrogens (tertiary/aromatic N) is 2. The molecule has 5 heteroatoms.